The monoisotopic (exact) mass is 239 g/mol. The van der Waals surface area contributed by atoms with Gasteiger partial charge in [0.05, 0.1) is 5.69 Å². The Morgan fingerprint density at radius 3 is 2.94 bits per heavy atom. The van der Waals surface area contributed by atoms with Gasteiger partial charge in [-0.3, -0.25) is 4.79 Å². The number of nitrogens with zero attached hydrogens (tertiary/aromatic N) is 2. The number of hydrogen-bond acceptors (Lipinski definition) is 2. The maximum atomic E-state index is 11.5. The third-order valence-corrected chi connectivity index (χ3v) is 2.86. The fourth-order valence-corrected chi connectivity index (χ4v) is 2.17. The van der Waals surface area contributed by atoms with Crippen molar-refractivity contribution in [1.29, 1.82) is 0 Å². The number of halogens is 1. The van der Waals surface area contributed by atoms with Gasteiger partial charge < -0.3 is 4.98 Å². The highest BCUT2D eigenvalue weighted by molar-refractivity contribution is 6.18. The highest BCUT2D eigenvalue weighted by atomic mass is 35.5. The van der Waals surface area contributed by atoms with Crippen LogP contribution >= 0.6 is 11.6 Å². The van der Waals surface area contributed by atoms with Crippen molar-refractivity contribution in [1.82, 2.24) is 14.8 Å². The van der Waals surface area contributed by atoms with E-state index in [1.165, 1.54) is 0 Å². The van der Waals surface area contributed by atoms with Crippen LogP contribution in [0.2, 0.25) is 0 Å². The second kappa shape index (κ2) is 4.29. The SMILES string of the molecule is CCCn1nc(C)c2c(CCl)cc(=O)[nH]c21. The highest BCUT2D eigenvalue weighted by Gasteiger charge is 2.12. The third kappa shape index (κ3) is 1.73. The molecule has 0 aliphatic heterocycles. The van der Waals surface area contributed by atoms with E-state index in [1.807, 2.05) is 11.6 Å². The van der Waals surface area contributed by atoms with Crippen molar-refractivity contribution in [3.05, 3.63) is 27.7 Å². The molecule has 0 saturated carbocycles. The summed E-state index contributed by atoms with van der Waals surface area (Å²) in [6.45, 7) is 4.81. The van der Waals surface area contributed by atoms with Crippen LogP contribution in [0.15, 0.2) is 10.9 Å². The molecule has 0 saturated heterocycles. The molecule has 0 unspecified atom stereocenters. The van der Waals surface area contributed by atoms with Crippen molar-refractivity contribution >= 4 is 22.6 Å². The Hall–Kier alpha value is -1.29. The van der Waals surface area contributed by atoms with E-state index in [0.717, 1.165) is 35.3 Å². The standard InChI is InChI=1S/C11H14ClN3O/c1-3-4-15-11-10(7(2)14-15)8(6-12)5-9(16)13-11/h5H,3-4,6H2,1-2H3,(H,13,16). The van der Waals surface area contributed by atoms with E-state index >= 15 is 0 Å². The minimum absolute atomic E-state index is 0.125. The van der Waals surface area contributed by atoms with Crippen LogP contribution in [0, 0.1) is 6.92 Å². The second-order valence-corrected chi connectivity index (χ2v) is 4.09. The molecule has 4 nitrogen and oxygen atoms in total. The number of fused-ring (bicyclic) bond motifs is 1. The maximum Gasteiger partial charge on any atom is 0.249 e. The number of aromatic nitrogens is 3. The Balaban J connectivity index is 2.79. The molecule has 0 aliphatic carbocycles. The molecule has 2 heterocycles. The van der Waals surface area contributed by atoms with Crippen LogP contribution in [0.25, 0.3) is 11.0 Å². The molecule has 2 rings (SSSR count). The number of pyridine rings is 1. The number of H-pyrrole nitrogens is 1. The van der Waals surface area contributed by atoms with Gasteiger partial charge in [0, 0.05) is 23.9 Å². The molecule has 0 fully saturated rings. The lowest BCUT2D eigenvalue weighted by molar-refractivity contribution is 0.611. The minimum Gasteiger partial charge on any atom is -0.307 e. The van der Waals surface area contributed by atoms with E-state index in [9.17, 15) is 4.79 Å². The van der Waals surface area contributed by atoms with Gasteiger partial charge in [0.1, 0.15) is 5.65 Å². The molecule has 0 radical (unpaired) electrons. The van der Waals surface area contributed by atoms with E-state index in [2.05, 4.69) is 17.0 Å². The van der Waals surface area contributed by atoms with E-state index in [4.69, 9.17) is 11.6 Å². The van der Waals surface area contributed by atoms with Gasteiger partial charge in [-0.1, -0.05) is 6.92 Å². The molecule has 0 aromatic carbocycles. The molecule has 0 aliphatic rings. The number of aryl methyl sites for hydroxylation is 2. The Morgan fingerprint density at radius 2 is 2.31 bits per heavy atom. The molecule has 86 valence electrons. The Labute approximate surface area is 98.2 Å². The van der Waals surface area contributed by atoms with Crippen molar-refractivity contribution in [2.24, 2.45) is 0 Å². The lowest BCUT2D eigenvalue weighted by Crippen LogP contribution is -2.09. The summed E-state index contributed by atoms with van der Waals surface area (Å²) in [6, 6.07) is 1.54. The molecular formula is C11H14ClN3O. The summed E-state index contributed by atoms with van der Waals surface area (Å²) in [5.74, 6) is 0.332. The zero-order valence-corrected chi connectivity index (χ0v) is 10.1. The van der Waals surface area contributed by atoms with Crippen LogP contribution in [0.4, 0.5) is 0 Å². The van der Waals surface area contributed by atoms with Gasteiger partial charge in [-0.05, 0) is 18.9 Å². The first-order valence-corrected chi connectivity index (χ1v) is 5.86. The molecule has 2 aromatic rings. The topological polar surface area (TPSA) is 50.7 Å². The molecule has 2 aromatic heterocycles. The van der Waals surface area contributed by atoms with Crippen molar-refractivity contribution in [3.8, 4) is 0 Å². The van der Waals surface area contributed by atoms with Crippen molar-refractivity contribution < 1.29 is 0 Å². The van der Waals surface area contributed by atoms with Gasteiger partial charge in [0.25, 0.3) is 0 Å². The normalized spacial score (nSPS) is 11.2. The lowest BCUT2D eigenvalue weighted by atomic mass is 10.2. The predicted molar refractivity (Wildman–Crippen MR) is 64.9 cm³/mol. The molecule has 5 heteroatoms. The minimum atomic E-state index is -0.125. The van der Waals surface area contributed by atoms with E-state index in [0.29, 0.717) is 5.88 Å². The van der Waals surface area contributed by atoms with Crippen LogP contribution in [-0.2, 0) is 12.4 Å². The molecule has 0 bridgehead atoms. The first kappa shape index (κ1) is 11.2. The molecule has 0 amide bonds. The number of rotatable bonds is 3. The lowest BCUT2D eigenvalue weighted by Gasteiger charge is -2.01. The number of alkyl halides is 1. The average molecular weight is 240 g/mol. The first-order valence-electron chi connectivity index (χ1n) is 5.32. The fourth-order valence-electron chi connectivity index (χ4n) is 1.96. The quantitative estimate of drug-likeness (QED) is 0.835. The number of hydrogen-bond donors (Lipinski definition) is 1. The van der Waals surface area contributed by atoms with Gasteiger partial charge >= 0.3 is 0 Å². The van der Waals surface area contributed by atoms with Crippen LogP contribution in [0.5, 0.6) is 0 Å². The Bertz CT molecular complexity index is 570. The van der Waals surface area contributed by atoms with Crippen molar-refractivity contribution in [2.75, 3.05) is 0 Å². The Kier molecular flexibility index (Phi) is 3.01. The summed E-state index contributed by atoms with van der Waals surface area (Å²) in [4.78, 5) is 14.3. The van der Waals surface area contributed by atoms with Gasteiger partial charge in [-0.2, -0.15) is 5.10 Å². The van der Waals surface area contributed by atoms with Gasteiger partial charge in [0.2, 0.25) is 5.56 Å². The summed E-state index contributed by atoms with van der Waals surface area (Å²) in [5, 5.41) is 5.39. The maximum absolute atomic E-state index is 11.5. The number of aromatic amines is 1. The largest absolute Gasteiger partial charge is 0.307 e. The van der Waals surface area contributed by atoms with E-state index in [-0.39, 0.29) is 5.56 Å². The van der Waals surface area contributed by atoms with Crippen molar-refractivity contribution in [3.63, 3.8) is 0 Å². The first-order chi connectivity index (χ1) is 7.67. The Morgan fingerprint density at radius 1 is 1.56 bits per heavy atom. The average Bonchev–Trinajstić information content (AvgIpc) is 2.55. The highest BCUT2D eigenvalue weighted by Crippen LogP contribution is 2.20. The van der Waals surface area contributed by atoms with E-state index < -0.39 is 0 Å². The zero-order chi connectivity index (χ0) is 11.7. The summed E-state index contributed by atoms with van der Waals surface area (Å²) >= 11 is 5.85. The summed E-state index contributed by atoms with van der Waals surface area (Å²) < 4.78 is 1.84. The predicted octanol–water partition coefficient (Wildman–Crippen LogP) is 2.18. The van der Waals surface area contributed by atoms with Gasteiger partial charge in [0.15, 0.2) is 0 Å². The van der Waals surface area contributed by atoms with Crippen LogP contribution < -0.4 is 5.56 Å². The zero-order valence-electron chi connectivity index (χ0n) is 9.38. The molecule has 1 N–H and O–H groups in total. The fraction of sp³-hybridized carbons (Fsp3) is 0.455. The molecule has 0 atom stereocenters. The summed E-state index contributed by atoms with van der Waals surface area (Å²) in [7, 11) is 0. The van der Waals surface area contributed by atoms with Crippen LogP contribution in [-0.4, -0.2) is 14.8 Å². The second-order valence-electron chi connectivity index (χ2n) is 3.82. The van der Waals surface area contributed by atoms with E-state index in [1.54, 1.807) is 6.07 Å². The van der Waals surface area contributed by atoms with Gasteiger partial charge in [-0.25, -0.2) is 4.68 Å². The summed E-state index contributed by atoms with van der Waals surface area (Å²) in [5.41, 5.74) is 2.42. The van der Waals surface area contributed by atoms with Crippen LogP contribution in [0.3, 0.4) is 0 Å². The molecule has 0 spiro atoms. The third-order valence-electron chi connectivity index (χ3n) is 2.57. The summed E-state index contributed by atoms with van der Waals surface area (Å²) in [6.07, 6.45) is 0.976. The molecular weight excluding hydrogens is 226 g/mol. The smallest absolute Gasteiger partial charge is 0.249 e. The number of nitrogens with one attached hydrogen (secondary N) is 1. The van der Waals surface area contributed by atoms with Gasteiger partial charge in [-0.15, -0.1) is 11.6 Å². The van der Waals surface area contributed by atoms with Crippen molar-refractivity contribution in [2.45, 2.75) is 32.7 Å². The molecule has 16 heavy (non-hydrogen) atoms. The van der Waals surface area contributed by atoms with Crippen LogP contribution in [0.1, 0.15) is 24.6 Å².